The summed E-state index contributed by atoms with van der Waals surface area (Å²) in [5.41, 5.74) is 0. The van der Waals surface area contributed by atoms with Gasteiger partial charge in [0.2, 0.25) is 0 Å². The molecule has 1 atom stereocenters. The fourth-order valence-electron chi connectivity index (χ4n) is 9.33. The molecule has 0 saturated carbocycles. The third kappa shape index (κ3) is 53.4. The number of rotatable bonds is 56. The molecule has 0 aliphatic heterocycles. The third-order valence-electron chi connectivity index (χ3n) is 13.9. The zero-order chi connectivity index (χ0) is 47.9. The van der Waals surface area contributed by atoms with Crippen LogP contribution in [0.5, 0.6) is 0 Å². The van der Waals surface area contributed by atoms with E-state index < -0.39 is 6.10 Å². The maximum absolute atomic E-state index is 12.8. The van der Waals surface area contributed by atoms with E-state index in [0.29, 0.717) is 19.3 Å². The Hall–Kier alpha value is -1.59. The molecule has 0 heterocycles. The number of esters is 3. The van der Waals surface area contributed by atoms with Crippen molar-refractivity contribution in [3.05, 3.63) is 0 Å². The Morgan fingerprint density at radius 3 is 0.606 bits per heavy atom. The molecule has 392 valence electrons. The summed E-state index contributed by atoms with van der Waals surface area (Å²) >= 11 is 0. The smallest absolute Gasteiger partial charge is 0.306 e. The van der Waals surface area contributed by atoms with Crippen molar-refractivity contribution in [1.82, 2.24) is 0 Å². The zero-order valence-corrected chi connectivity index (χ0v) is 45.0. The first-order valence-electron chi connectivity index (χ1n) is 30.0. The molecule has 0 bridgehead atoms. The average molecular weight is 934 g/mol. The van der Waals surface area contributed by atoms with Crippen LogP contribution >= 0.6 is 0 Å². The molecule has 0 N–H and O–H groups in total. The average Bonchev–Trinajstić information content (AvgIpc) is 3.31. The highest BCUT2D eigenvalue weighted by Gasteiger charge is 2.19. The molecule has 6 heteroatoms. The van der Waals surface area contributed by atoms with E-state index in [1.54, 1.807) is 0 Å². The fraction of sp³-hybridized carbons (Fsp3) is 0.950. The van der Waals surface area contributed by atoms with Gasteiger partial charge in [0, 0.05) is 19.3 Å². The lowest BCUT2D eigenvalue weighted by molar-refractivity contribution is -0.167. The lowest BCUT2D eigenvalue weighted by Gasteiger charge is -2.18. The molecule has 0 aromatic rings. The molecule has 0 aliphatic rings. The van der Waals surface area contributed by atoms with Gasteiger partial charge in [-0.3, -0.25) is 14.4 Å². The van der Waals surface area contributed by atoms with Crippen LogP contribution in [0.4, 0.5) is 0 Å². The van der Waals surface area contributed by atoms with Crippen molar-refractivity contribution in [3.8, 4) is 0 Å². The van der Waals surface area contributed by atoms with Crippen LogP contribution in [0.15, 0.2) is 0 Å². The third-order valence-corrected chi connectivity index (χ3v) is 13.9. The molecule has 6 nitrogen and oxygen atoms in total. The zero-order valence-electron chi connectivity index (χ0n) is 45.0. The van der Waals surface area contributed by atoms with Crippen molar-refractivity contribution in [2.45, 2.75) is 354 Å². The minimum atomic E-state index is -0.760. The van der Waals surface area contributed by atoms with E-state index in [1.807, 2.05) is 0 Å². The van der Waals surface area contributed by atoms with Gasteiger partial charge in [-0.2, -0.15) is 0 Å². The highest BCUT2D eigenvalue weighted by molar-refractivity contribution is 5.71. The first-order valence-corrected chi connectivity index (χ1v) is 30.0. The molecular weight excluding hydrogens is 817 g/mol. The van der Waals surface area contributed by atoms with Crippen LogP contribution in [0.1, 0.15) is 348 Å². The Morgan fingerprint density at radius 1 is 0.242 bits per heavy atom. The van der Waals surface area contributed by atoms with Crippen LogP contribution in [-0.2, 0) is 28.6 Å². The van der Waals surface area contributed by atoms with Crippen molar-refractivity contribution < 1.29 is 28.6 Å². The molecule has 0 aromatic carbocycles. The lowest BCUT2D eigenvalue weighted by atomic mass is 10.0. The second-order valence-corrected chi connectivity index (χ2v) is 20.6. The van der Waals surface area contributed by atoms with Crippen molar-refractivity contribution >= 4 is 17.9 Å². The van der Waals surface area contributed by atoms with Crippen LogP contribution in [-0.4, -0.2) is 37.2 Å². The minimum Gasteiger partial charge on any atom is -0.462 e. The van der Waals surface area contributed by atoms with Gasteiger partial charge < -0.3 is 14.2 Å². The van der Waals surface area contributed by atoms with Gasteiger partial charge >= 0.3 is 17.9 Å². The van der Waals surface area contributed by atoms with E-state index in [0.717, 1.165) is 57.8 Å². The first kappa shape index (κ1) is 64.4. The maximum atomic E-state index is 12.8. The van der Waals surface area contributed by atoms with Gasteiger partial charge in [0.1, 0.15) is 13.2 Å². The standard InChI is InChI=1S/C60H116O6/c1-4-7-10-13-16-19-22-24-26-28-29-30-31-32-33-35-36-38-41-44-47-50-53-59(62)65-56-57(55-64-58(61)52-49-46-43-40-21-18-15-12-9-6-3)66-60(63)54-51-48-45-42-39-37-34-27-25-23-20-17-14-11-8-5-2/h57H,4-56H2,1-3H3. The van der Waals surface area contributed by atoms with Crippen LogP contribution in [0.2, 0.25) is 0 Å². The van der Waals surface area contributed by atoms with Gasteiger partial charge in [0.15, 0.2) is 6.10 Å². The largest absolute Gasteiger partial charge is 0.462 e. The number of carbonyl (C=O) groups is 3. The summed E-state index contributed by atoms with van der Waals surface area (Å²) in [4.78, 5) is 38.1. The van der Waals surface area contributed by atoms with Gasteiger partial charge in [-0.15, -0.1) is 0 Å². The molecule has 0 spiro atoms. The number of ether oxygens (including phenoxy) is 3. The van der Waals surface area contributed by atoms with Crippen molar-refractivity contribution in [2.24, 2.45) is 0 Å². The van der Waals surface area contributed by atoms with Gasteiger partial charge in [0.05, 0.1) is 0 Å². The summed E-state index contributed by atoms with van der Waals surface area (Å²) in [5, 5.41) is 0. The fourth-order valence-corrected chi connectivity index (χ4v) is 9.33. The maximum Gasteiger partial charge on any atom is 0.306 e. The summed E-state index contributed by atoms with van der Waals surface area (Å²) < 4.78 is 16.9. The molecular formula is C60H116O6. The number of carbonyl (C=O) groups excluding carboxylic acids is 3. The van der Waals surface area contributed by atoms with E-state index in [4.69, 9.17) is 14.2 Å². The van der Waals surface area contributed by atoms with Crippen molar-refractivity contribution in [3.63, 3.8) is 0 Å². The van der Waals surface area contributed by atoms with E-state index in [1.165, 1.54) is 250 Å². The molecule has 66 heavy (non-hydrogen) atoms. The van der Waals surface area contributed by atoms with E-state index >= 15 is 0 Å². The van der Waals surface area contributed by atoms with Gasteiger partial charge in [-0.1, -0.05) is 310 Å². The Balaban J connectivity index is 4.18. The molecule has 0 amide bonds. The molecule has 0 aromatic heterocycles. The molecule has 0 radical (unpaired) electrons. The van der Waals surface area contributed by atoms with Crippen LogP contribution in [0, 0.1) is 0 Å². The number of unbranched alkanes of at least 4 members (excludes halogenated alkanes) is 45. The van der Waals surface area contributed by atoms with E-state index in [-0.39, 0.29) is 31.1 Å². The van der Waals surface area contributed by atoms with Crippen molar-refractivity contribution in [2.75, 3.05) is 13.2 Å². The highest BCUT2D eigenvalue weighted by atomic mass is 16.6. The number of hydrogen-bond donors (Lipinski definition) is 0. The second kappa shape index (κ2) is 56.0. The second-order valence-electron chi connectivity index (χ2n) is 20.6. The van der Waals surface area contributed by atoms with Crippen molar-refractivity contribution in [1.29, 1.82) is 0 Å². The highest BCUT2D eigenvalue weighted by Crippen LogP contribution is 2.18. The first-order chi connectivity index (χ1) is 32.5. The Bertz CT molecular complexity index is 982. The quantitative estimate of drug-likeness (QED) is 0.0343. The summed E-state index contributed by atoms with van der Waals surface area (Å²) in [7, 11) is 0. The van der Waals surface area contributed by atoms with Gasteiger partial charge in [-0.25, -0.2) is 0 Å². The van der Waals surface area contributed by atoms with Gasteiger partial charge in [-0.05, 0) is 19.3 Å². The van der Waals surface area contributed by atoms with E-state index in [2.05, 4.69) is 20.8 Å². The predicted molar refractivity (Wildman–Crippen MR) is 284 cm³/mol. The predicted octanol–water partition coefficient (Wildman–Crippen LogP) is 19.9. The van der Waals surface area contributed by atoms with Crippen LogP contribution < -0.4 is 0 Å². The lowest BCUT2D eigenvalue weighted by Crippen LogP contribution is -2.30. The molecule has 0 saturated heterocycles. The molecule has 0 rings (SSSR count). The number of hydrogen-bond acceptors (Lipinski definition) is 6. The summed E-state index contributed by atoms with van der Waals surface area (Å²) in [6.45, 7) is 6.70. The Morgan fingerprint density at radius 2 is 0.409 bits per heavy atom. The minimum absolute atomic E-state index is 0.0611. The Labute approximate surface area is 412 Å². The molecule has 0 aliphatic carbocycles. The van der Waals surface area contributed by atoms with Crippen LogP contribution in [0.3, 0.4) is 0 Å². The van der Waals surface area contributed by atoms with Crippen LogP contribution in [0.25, 0.3) is 0 Å². The van der Waals surface area contributed by atoms with Gasteiger partial charge in [0.25, 0.3) is 0 Å². The summed E-state index contributed by atoms with van der Waals surface area (Å²) in [6.07, 6.45) is 62.5. The summed E-state index contributed by atoms with van der Waals surface area (Å²) in [5.74, 6) is -0.833. The topological polar surface area (TPSA) is 78.9 Å². The normalized spacial score (nSPS) is 11.9. The Kier molecular flexibility index (Phi) is 54.7. The monoisotopic (exact) mass is 933 g/mol. The van der Waals surface area contributed by atoms with E-state index in [9.17, 15) is 14.4 Å². The molecule has 1 unspecified atom stereocenters. The SMILES string of the molecule is CCCCCCCCCCCCCCCCCCCCCCCCC(=O)OCC(COC(=O)CCCCCCCCCCCC)OC(=O)CCCCCCCCCCCCCCCCCC. The molecule has 0 fully saturated rings. The summed E-state index contributed by atoms with van der Waals surface area (Å²) in [6, 6.07) is 0.